The summed E-state index contributed by atoms with van der Waals surface area (Å²) in [5, 5.41) is 2.78. The van der Waals surface area contributed by atoms with Gasteiger partial charge in [-0.25, -0.2) is 0 Å². The van der Waals surface area contributed by atoms with Crippen LogP contribution in [-0.4, -0.2) is 36.9 Å². The van der Waals surface area contributed by atoms with Crippen LogP contribution in [0.5, 0.6) is 0 Å². The van der Waals surface area contributed by atoms with Crippen molar-refractivity contribution in [3.63, 3.8) is 0 Å². The monoisotopic (exact) mass is 415 g/mol. The SMILES string of the molecule is CN(CC(=O)NCCc1ccc(N)cc1)C(=O)c1ccc(Br)o1.Cl. The van der Waals surface area contributed by atoms with E-state index < -0.39 is 0 Å². The topological polar surface area (TPSA) is 88.6 Å². The number of nitrogens with zero attached hydrogens (tertiary/aromatic N) is 1. The third kappa shape index (κ3) is 5.90. The summed E-state index contributed by atoms with van der Waals surface area (Å²) < 4.78 is 5.65. The van der Waals surface area contributed by atoms with Gasteiger partial charge in [-0.15, -0.1) is 12.4 Å². The van der Waals surface area contributed by atoms with Crippen molar-refractivity contribution in [2.75, 3.05) is 25.9 Å². The Kier molecular flexibility index (Phi) is 7.81. The second kappa shape index (κ2) is 9.34. The number of halogens is 2. The van der Waals surface area contributed by atoms with E-state index in [0.717, 1.165) is 5.56 Å². The molecule has 0 aliphatic rings. The maximum Gasteiger partial charge on any atom is 0.289 e. The van der Waals surface area contributed by atoms with E-state index >= 15 is 0 Å². The fourth-order valence-electron chi connectivity index (χ4n) is 1.99. The van der Waals surface area contributed by atoms with E-state index in [1.54, 1.807) is 19.2 Å². The van der Waals surface area contributed by atoms with Crippen LogP contribution in [0.3, 0.4) is 0 Å². The molecule has 130 valence electrons. The summed E-state index contributed by atoms with van der Waals surface area (Å²) in [4.78, 5) is 25.2. The van der Waals surface area contributed by atoms with E-state index in [4.69, 9.17) is 10.2 Å². The second-order valence-electron chi connectivity index (χ2n) is 5.11. The third-order valence-corrected chi connectivity index (χ3v) is 3.65. The van der Waals surface area contributed by atoms with Gasteiger partial charge in [0.25, 0.3) is 5.91 Å². The highest BCUT2D eigenvalue weighted by atomic mass is 79.9. The molecule has 0 unspecified atom stereocenters. The van der Waals surface area contributed by atoms with Gasteiger partial charge < -0.3 is 20.4 Å². The van der Waals surface area contributed by atoms with Crippen molar-refractivity contribution in [1.29, 1.82) is 0 Å². The van der Waals surface area contributed by atoms with Gasteiger partial charge >= 0.3 is 0 Å². The first-order valence-electron chi connectivity index (χ1n) is 7.07. The third-order valence-electron chi connectivity index (χ3n) is 3.23. The Bertz CT molecular complexity index is 688. The molecule has 1 heterocycles. The summed E-state index contributed by atoms with van der Waals surface area (Å²) in [6, 6.07) is 10.7. The van der Waals surface area contributed by atoms with Crippen LogP contribution in [0, 0.1) is 0 Å². The summed E-state index contributed by atoms with van der Waals surface area (Å²) in [6.07, 6.45) is 0.703. The van der Waals surface area contributed by atoms with Gasteiger partial charge in [0, 0.05) is 19.3 Å². The molecule has 0 fully saturated rings. The zero-order chi connectivity index (χ0) is 16.8. The molecule has 24 heavy (non-hydrogen) atoms. The Morgan fingerprint density at radius 1 is 1.21 bits per heavy atom. The van der Waals surface area contributed by atoms with E-state index in [0.29, 0.717) is 23.3 Å². The number of furan rings is 1. The molecule has 0 atom stereocenters. The Morgan fingerprint density at radius 3 is 2.46 bits per heavy atom. The number of nitrogen functional groups attached to an aromatic ring is 1. The maximum atomic E-state index is 12.0. The molecule has 0 saturated heterocycles. The molecule has 1 aromatic carbocycles. The Hall–Kier alpha value is -1.99. The van der Waals surface area contributed by atoms with Crippen molar-refractivity contribution in [2.45, 2.75) is 6.42 Å². The van der Waals surface area contributed by atoms with Crippen molar-refractivity contribution in [3.05, 3.63) is 52.4 Å². The van der Waals surface area contributed by atoms with Crippen LogP contribution in [0.1, 0.15) is 16.1 Å². The van der Waals surface area contributed by atoms with E-state index in [-0.39, 0.29) is 36.5 Å². The standard InChI is InChI=1S/C16H18BrN3O3.ClH/c1-20(16(22)13-6-7-14(17)23-13)10-15(21)19-9-8-11-2-4-12(18)5-3-11;/h2-7H,8-10,18H2,1H3,(H,19,21);1H. The summed E-state index contributed by atoms with van der Waals surface area (Å²) >= 11 is 3.14. The smallest absolute Gasteiger partial charge is 0.289 e. The molecule has 2 amide bonds. The molecule has 2 rings (SSSR count). The zero-order valence-electron chi connectivity index (χ0n) is 13.1. The Morgan fingerprint density at radius 2 is 1.88 bits per heavy atom. The summed E-state index contributed by atoms with van der Waals surface area (Å²) in [6.45, 7) is 0.468. The van der Waals surface area contributed by atoms with Crippen molar-refractivity contribution < 1.29 is 14.0 Å². The molecule has 2 aromatic rings. The van der Waals surface area contributed by atoms with Gasteiger partial charge in [-0.1, -0.05) is 12.1 Å². The number of hydrogen-bond acceptors (Lipinski definition) is 4. The minimum absolute atomic E-state index is 0. The number of nitrogens with one attached hydrogen (secondary N) is 1. The minimum Gasteiger partial charge on any atom is -0.444 e. The van der Waals surface area contributed by atoms with Gasteiger partial charge in [0.15, 0.2) is 10.4 Å². The molecule has 3 N–H and O–H groups in total. The summed E-state index contributed by atoms with van der Waals surface area (Å²) in [5.41, 5.74) is 7.42. The lowest BCUT2D eigenvalue weighted by molar-refractivity contribution is -0.121. The van der Waals surface area contributed by atoms with E-state index in [9.17, 15) is 9.59 Å². The molecule has 8 heteroatoms. The number of anilines is 1. The lowest BCUT2D eigenvalue weighted by Gasteiger charge is -2.15. The Balaban J connectivity index is 0.00000288. The number of nitrogens with two attached hydrogens (primary N) is 1. The van der Waals surface area contributed by atoms with Gasteiger partial charge in [-0.2, -0.15) is 0 Å². The van der Waals surface area contributed by atoms with Crippen molar-refractivity contribution in [3.8, 4) is 0 Å². The molecular formula is C16H19BrClN3O3. The van der Waals surface area contributed by atoms with Crippen LogP contribution in [0.2, 0.25) is 0 Å². The molecule has 0 bridgehead atoms. The predicted molar refractivity (Wildman–Crippen MR) is 98.2 cm³/mol. The quantitative estimate of drug-likeness (QED) is 0.708. The Labute approximate surface area is 154 Å². The number of benzene rings is 1. The van der Waals surface area contributed by atoms with Crippen LogP contribution in [0.25, 0.3) is 0 Å². The van der Waals surface area contributed by atoms with Crippen LogP contribution in [0.15, 0.2) is 45.5 Å². The largest absolute Gasteiger partial charge is 0.444 e. The number of carbonyl (C=O) groups excluding carboxylic acids is 2. The second-order valence-corrected chi connectivity index (χ2v) is 5.89. The van der Waals surface area contributed by atoms with Crippen LogP contribution < -0.4 is 11.1 Å². The number of rotatable bonds is 6. The first-order chi connectivity index (χ1) is 11.0. The van der Waals surface area contributed by atoms with E-state index in [1.807, 2.05) is 24.3 Å². The lowest BCUT2D eigenvalue weighted by atomic mass is 10.1. The molecule has 0 radical (unpaired) electrons. The maximum absolute atomic E-state index is 12.0. The van der Waals surface area contributed by atoms with Gasteiger partial charge in [0.05, 0.1) is 6.54 Å². The number of hydrogen-bond donors (Lipinski definition) is 2. The molecule has 1 aromatic heterocycles. The highest BCUT2D eigenvalue weighted by molar-refractivity contribution is 9.10. The highest BCUT2D eigenvalue weighted by Crippen LogP contribution is 2.15. The average molecular weight is 417 g/mol. The molecule has 0 saturated carbocycles. The van der Waals surface area contributed by atoms with Gasteiger partial charge in [-0.3, -0.25) is 9.59 Å². The van der Waals surface area contributed by atoms with Crippen molar-refractivity contribution in [2.24, 2.45) is 0 Å². The fourth-order valence-corrected chi connectivity index (χ4v) is 2.30. The first-order valence-corrected chi connectivity index (χ1v) is 7.87. The summed E-state index contributed by atoms with van der Waals surface area (Å²) in [5.74, 6) is -0.375. The van der Waals surface area contributed by atoms with Crippen molar-refractivity contribution in [1.82, 2.24) is 10.2 Å². The first kappa shape index (κ1) is 20.1. The van der Waals surface area contributed by atoms with Gasteiger partial charge in [-0.05, 0) is 52.2 Å². The molecule has 0 spiro atoms. The fraction of sp³-hybridized carbons (Fsp3) is 0.250. The molecule has 6 nitrogen and oxygen atoms in total. The number of carbonyl (C=O) groups is 2. The molecule has 0 aliphatic heterocycles. The van der Waals surface area contributed by atoms with E-state index in [2.05, 4.69) is 21.2 Å². The molecular weight excluding hydrogens is 398 g/mol. The van der Waals surface area contributed by atoms with Crippen LogP contribution >= 0.6 is 28.3 Å². The predicted octanol–water partition coefficient (Wildman–Crippen LogP) is 2.48. The zero-order valence-corrected chi connectivity index (χ0v) is 15.5. The number of amides is 2. The normalized spacial score (nSPS) is 9.92. The highest BCUT2D eigenvalue weighted by Gasteiger charge is 2.17. The molecule has 0 aliphatic carbocycles. The van der Waals surface area contributed by atoms with Crippen LogP contribution in [0.4, 0.5) is 5.69 Å². The minimum atomic E-state index is -0.343. The van der Waals surface area contributed by atoms with Gasteiger partial charge in [0.1, 0.15) is 0 Å². The number of likely N-dealkylation sites (N-methyl/N-ethyl adjacent to an activating group) is 1. The average Bonchev–Trinajstić information content (AvgIpc) is 2.95. The van der Waals surface area contributed by atoms with Gasteiger partial charge in [0.2, 0.25) is 5.91 Å². The van der Waals surface area contributed by atoms with Crippen molar-refractivity contribution >= 4 is 45.8 Å². The summed E-state index contributed by atoms with van der Waals surface area (Å²) in [7, 11) is 1.55. The van der Waals surface area contributed by atoms with Crippen LogP contribution in [-0.2, 0) is 11.2 Å². The lowest BCUT2D eigenvalue weighted by Crippen LogP contribution is -2.38. The van der Waals surface area contributed by atoms with E-state index in [1.165, 1.54) is 4.90 Å².